The van der Waals surface area contributed by atoms with Gasteiger partial charge in [-0.2, -0.15) is 0 Å². The molecule has 1 aliphatic heterocycles. The van der Waals surface area contributed by atoms with E-state index < -0.39 is 0 Å². The van der Waals surface area contributed by atoms with E-state index in [-0.39, 0.29) is 6.17 Å². The summed E-state index contributed by atoms with van der Waals surface area (Å²) in [5.74, 6) is 0.535. The van der Waals surface area contributed by atoms with Gasteiger partial charge in [-0.05, 0) is 18.6 Å². The molecule has 1 aromatic carbocycles. The molecule has 6 heteroatoms. The van der Waals surface area contributed by atoms with Gasteiger partial charge in [-0.3, -0.25) is 0 Å². The summed E-state index contributed by atoms with van der Waals surface area (Å²) in [6, 6.07) is 8.11. The Bertz CT molecular complexity index is 809. The topological polar surface area (TPSA) is 82.9 Å². The summed E-state index contributed by atoms with van der Waals surface area (Å²) >= 11 is 0. The number of rotatable bonds is 2. The summed E-state index contributed by atoms with van der Waals surface area (Å²) < 4.78 is 0. The zero-order valence-corrected chi connectivity index (χ0v) is 11.7. The number of aromatic nitrogens is 3. The molecule has 0 saturated carbocycles. The molecular weight excluding hydrogens is 264 g/mol. The second-order valence-corrected chi connectivity index (χ2v) is 5.29. The summed E-state index contributed by atoms with van der Waals surface area (Å²) in [4.78, 5) is 14.0. The number of benzene rings is 1. The van der Waals surface area contributed by atoms with E-state index in [9.17, 15) is 0 Å². The number of anilines is 3. The fraction of sp³-hybridized carbons (Fsp3) is 0.200. The maximum atomic E-state index is 5.82. The van der Waals surface area contributed by atoms with Crippen LogP contribution in [0.4, 0.5) is 17.2 Å². The summed E-state index contributed by atoms with van der Waals surface area (Å²) in [5.41, 5.74) is 11.2. The third-order valence-corrected chi connectivity index (χ3v) is 3.92. The normalized spacial score (nSPS) is 17.0. The molecule has 0 aliphatic carbocycles. The van der Waals surface area contributed by atoms with Crippen molar-refractivity contribution in [2.45, 2.75) is 19.6 Å². The van der Waals surface area contributed by atoms with Gasteiger partial charge in [0.2, 0.25) is 0 Å². The molecule has 106 valence electrons. The molecule has 3 heterocycles. The first-order valence-corrected chi connectivity index (χ1v) is 6.92. The molecular formula is C15H16N6. The Labute approximate surface area is 122 Å². The standard InChI is InChI=1S/C15H16N6/c1-9-20-12-6-17-14(16)5-13(12)21(9)7-10-3-2-4-11-15(10)19-8-18-11/h2-6,8-9,20H,7H2,1H3,(H2,16,17)(H,18,19). The minimum atomic E-state index is 0.192. The lowest BCUT2D eigenvalue weighted by atomic mass is 10.1. The van der Waals surface area contributed by atoms with E-state index >= 15 is 0 Å². The fourth-order valence-corrected chi connectivity index (χ4v) is 2.88. The number of nitrogen functional groups attached to an aromatic ring is 1. The first kappa shape index (κ1) is 12.0. The van der Waals surface area contributed by atoms with Crippen LogP contribution in [0, 0.1) is 0 Å². The van der Waals surface area contributed by atoms with Crippen molar-refractivity contribution in [2.24, 2.45) is 0 Å². The average Bonchev–Trinajstić information content (AvgIpc) is 3.05. The molecule has 2 aromatic heterocycles. The highest BCUT2D eigenvalue weighted by molar-refractivity contribution is 5.81. The lowest BCUT2D eigenvalue weighted by molar-refractivity contribution is 0.727. The molecule has 1 aliphatic rings. The van der Waals surface area contributed by atoms with Crippen molar-refractivity contribution < 1.29 is 0 Å². The number of H-pyrrole nitrogens is 1. The van der Waals surface area contributed by atoms with Gasteiger partial charge in [0.1, 0.15) is 5.82 Å². The zero-order valence-electron chi connectivity index (χ0n) is 11.7. The molecule has 0 fully saturated rings. The van der Waals surface area contributed by atoms with Crippen molar-refractivity contribution in [3.8, 4) is 0 Å². The van der Waals surface area contributed by atoms with Crippen molar-refractivity contribution in [3.63, 3.8) is 0 Å². The molecule has 4 rings (SSSR count). The first-order chi connectivity index (χ1) is 10.2. The van der Waals surface area contributed by atoms with Crippen LogP contribution in [0.1, 0.15) is 12.5 Å². The summed E-state index contributed by atoms with van der Waals surface area (Å²) in [6.45, 7) is 2.90. The third kappa shape index (κ3) is 1.87. The predicted octanol–water partition coefficient (Wildman–Crippen LogP) is 2.32. The highest BCUT2D eigenvalue weighted by Crippen LogP contribution is 2.36. The lowest BCUT2D eigenvalue weighted by Gasteiger charge is -2.24. The lowest BCUT2D eigenvalue weighted by Crippen LogP contribution is -2.32. The van der Waals surface area contributed by atoms with Crippen LogP contribution in [-0.4, -0.2) is 21.1 Å². The molecule has 21 heavy (non-hydrogen) atoms. The highest BCUT2D eigenvalue weighted by atomic mass is 15.3. The van der Waals surface area contributed by atoms with Crippen molar-refractivity contribution in [1.82, 2.24) is 15.0 Å². The van der Waals surface area contributed by atoms with E-state index in [0.29, 0.717) is 5.82 Å². The molecule has 3 aromatic rings. The van der Waals surface area contributed by atoms with Gasteiger partial charge in [0.15, 0.2) is 0 Å². The molecule has 1 atom stereocenters. The molecule has 6 nitrogen and oxygen atoms in total. The minimum absolute atomic E-state index is 0.192. The van der Waals surface area contributed by atoms with E-state index in [1.165, 1.54) is 5.56 Å². The molecule has 0 saturated heterocycles. The number of aromatic amines is 1. The van der Waals surface area contributed by atoms with Gasteiger partial charge in [-0.25, -0.2) is 9.97 Å². The van der Waals surface area contributed by atoms with Gasteiger partial charge < -0.3 is 20.9 Å². The van der Waals surface area contributed by atoms with Crippen LogP contribution >= 0.6 is 0 Å². The van der Waals surface area contributed by atoms with Crippen molar-refractivity contribution >= 4 is 28.2 Å². The Morgan fingerprint density at radius 2 is 2.24 bits per heavy atom. The van der Waals surface area contributed by atoms with Crippen molar-refractivity contribution in [3.05, 3.63) is 42.4 Å². The smallest absolute Gasteiger partial charge is 0.125 e. The number of nitrogens with one attached hydrogen (secondary N) is 2. The Hall–Kier alpha value is -2.76. The van der Waals surface area contributed by atoms with Crippen molar-refractivity contribution in [1.29, 1.82) is 0 Å². The molecule has 1 unspecified atom stereocenters. The maximum absolute atomic E-state index is 5.82. The fourth-order valence-electron chi connectivity index (χ4n) is 2.88. The van der Waals surface area contributed by atoms with Gasteiger partial charge in [-0.15, -0.1) is 0 Å². The van der Waals surface area contributed by atoms with Crippen LogP contribution < -0.4 is 16.0 Å². The van der Waals surface area contributed by atoms with E-state index in [1.807, 2.05) is 18.2 Å². The van der Waals surface area contributed by atoms with E-state index in [0.717, 1.165) is 29.0 Å². The number of nitrogens with two attached hydrogens (primary N) is 1. The number of imidazole rings is 1. The Morgan fingerprint density at radius 3 is 3.14 bits per heavy atom. The van der Waals surface area contributed by atoms with Crippen LogP contribution in [0.3, 0.4) is 0 Å². The summed E-state index contributed by atoms with van der Waals surface area (Å²) in [7, 11) is 0. The molecule has 0 radical (unpaired) electrons. The number of pyridine rings is 1. The summed E-state index contributed by atoms with van der Waals surface area (Å²) in [6.07, 6.45) is 3.71. The van der Waals surface area contributed by atoms with Crippen LogP contribution in [-0.2, 0) is 6.54 Å². The van der Waals surface area contributed by atoms with E-state index in [2.05, 4.69) is 38.2 Å². The third-order valence-electron chi connectivity index (χ3n) is 3.92. The van der Waals surface area contributed by atoms with Crippen LogP contribution in [0.5, 0.6) is 0 Å². The van der Waals surface area contributed by atoms with E-state index in [1.54, 1.807) is 12.5 Å². The molecule has 0 spiro atoms. The highest BCUT2D eigenvalue weighted by Gasteiger charge is 2.26. The van der Waals surface area contributed by atoms with Gasteiger partial charge in [0, 0.05) is 12.6 Å². The molecule has 4 N–H and O–H groups in total. The largest absolute Gasteiger partial charge is 0.384 e. The zero-order chi connectivity index (χ0) is 14.4. The number of nitrogens with zero attached hydrogens (tertiary/aromatic N) is 3. The van der Waals surface area contributed by atoms with Gasteiger partial charge in [0.05, 0.1) is 41.1 Å². The van der Waals surface area contributed by atoms with Crippen molar-refractivity contribution in [2.75, 3.05) is 16.0 Å². The summed E-state index contributed by atoms with van der Waals surface area (Å²) in [5, 5.41) is 3.42. The Morgan fingerprint density at radius 1 is 1.33 bits per heavy atom. The Balaban J connectivity index is 1.75. The second kappa shape index (κ2) is 4.37. The average molecular weight is 280 g/mol. The van der Waals surface area contributed by atoms with Crippen LogP contribution in [0.15, 0.2) is 36.8 Å². The first-order valence-electron chi connectivity index (χ1n) is 6.92. The van der Waals surface area contributed by atoms with Crippen LogP contribution in [0.2, 0.25) is 0 Å². The van der Waals surface area contributed by atoms with E-state index in [4.69, 9.17) is 5.73 Å². The second-order valence-electron chi connectivity index (χ2n) is 5.29. The predicted molar refractivity (Wildman–Crippen MR) is 84.0 cm³/mol. The molecule has 0 bridgehead atoms. The van der Waals surface area contributed by atoms with Gasteiger partial charge in [0.25, 0.3) is 0 Å². The van der Waals surface area contributed by atoms with Gasteiger partial charge in [-0.1, -0.05) is 12.1 Å². The number of hydrogen-bond acceptors (Lipinski definition) is 5. The van der Waals surface area contributed by atoms with Gasteiger partial charge >= 0.3 is 0 Å². The number of hydrogen-bond donors (Lipinski definition) is 3. The number of para-hydroxylation sites is 1. The molecule has 0 amide bonds. The quantitative estimate of drug-likeness (QED) is 0.671. The maximum Gasteiger partial charge on any atom is 0.125 e. The minimum Gasteiger partial charge on any atom is -0.384 e. The SMILES string of the molecule is CC1Nc2cnc(N)cc2N1Cc1cccc2[nH]cnc12. The van der Waals surface area contributed by atoms with Crippen LogP contribution in [0.25, 0.3) is 11.0 Å². The number of fused-ring (bicyclic) bond motifs is 2. The Kier molecular flexibility index (Phi) is 2.50. The monoisotopic (exact) mass is 280 g/mol.